The van der Waals surface area contributed by atoms with E-state index in [0.29, 0.717) is 5.75 Å². The molecule has 128 valence electrons. The van der Waals surface area contributed by atoms with E-state index in [1.807, 2.05) is 36.1 Å². The highest BCUT2D eigenvalue weighted by molar-refractivity contribution is 7.99. The lowest BCUT2D eigenvalue weighted by Gasteiger charge is -2.29. The van der Waals surface area contributed by atoms with Gasteiger partial charge in [0, 0.05) is 43.5 Å². The molecule has 1 aromatic carbocycles. The number of hydrogen-bond acceptors (Lipinski definition) is 4. The summed E-state index contributed by atoms with van der Waals surface area (Å²) in [4.78, 5) is 16.6. The first-order valence-corrected chi connectivity index (χ1v) is 9.63. The number of thioether (sulfide) groups is 1. The molecule has 0 bridgehead atoms. The molecule has 0 atom stereocenters. The zero-order chi connectivity index (χ0) is 16.5. The lowest BCUT2D eigenvalue weighted by Crippen LogP contribution is -2.43. The van der Waals surface area contributed by atoms with Gasteiger partial charge in [0.05, 0.1) is 19.0 Å². The Labute approximate surface area is 148 Å². The van der Waals surface area contributed by atoms with E-state index < -0.39 is 0 Å². The van der Waals surface area contributed by atoms with Crippen molar-refractivity contribution in [1.29, 1.82) is 0 Å². The van der Waals surface area contributed by atoms with Crippen molar-refractivity contribution in [2.75, 3.05) is 51.7 Å². The van der Waals surface area contributed by atoms with Gasteiger partial charge >= 0.3 is 0 Å². The Morgan fingerprint density at radius 2 is 2.09 bits per heavy atom. The number of halogens is 1. The molecule has 1 aliphatic rings. The van der Waals surface area contributed by atoms with Gasteiger partial charge in [0.2, 0.25) is 5.91 Å². The summed E-state index contributed by atoms with van der Waals surface area (Å²) in [6, 6.07) is 7.80. The summed E-state index contributed by atoms with van der Waals surface area (Å²) in [7, 11) is 0. The molecule has 0 radical (unpaired) electrons. The second kappa shape index (κ2) is 10.2. The topological polar surface area (TPSA) is 32.8 Å². The molecule has 1 heterocycles. The van der Waals surface area contributed by atoms with Crippen molar-refractivity contribution >= 4 is 29.3 Å². The molecule has 4 nitrogen and oxygen atoms in total. The van der Waals surface area contributed by atoms with Crippen molar-refractivity contribution in [2.45, 2.75) is 12.7 Å². The standard InChI is InChI=1S/C17H25ClN2O2S/c1-2-20(8-7-19-9-11-22-12-10-19)17(21)14-23-13-15-5-3-4-6-16(15)18/h3-6H,2,7-14H2,1H3. The number of amides is 1. The van der Waals surface area contributed by atoms with Crippen LogP contribution in [0, 0.1) is 0 Å². The maximum Gasteiger partial charge on any atom is 0.232 e. The molecule has 2 rings (SSSR count). The molecule has 0 spiro atoms. The fourth-order valence-corrected chi connectivity index (χ4v) is 3.71. The number of rotatable bonds is 8. The summed E-state index contributed by atoms with van der Waals surface area (Å²) >= 11 is 7.77. The first kappa shape index (κ1) is 18.6. The van der Waals surface area contributed by atoms with E-state index in [9.17, 15) is 4.79 Å². The highest BCUT2D eigenvalue weighted by Gasteiger charge is 2.15. The van der Waals surface area contributed by atoms with Gasteiger partial charge in [0.15, 0.2) is 0 Å². The lowest BCUT2D eigenvalue weighted by molar-refractivity contribution is -0.128. The highest BCUT2D eigenvalue weighted by atomic mass is 35.5. The highest BCUT2D eigenvalue weighted by Crippen LogP contribution is 2.20. The van der Waals surface area contributed by atoms with E-state index in [0.717, 1.165) is 62.3 Å². The van der Waals surface area contributed by atoms with Crippen LogP contribution in [0.25, 0.3) is 0 Å². The summed E-state index contributed by atoms with van der Waals surface area (Å²) in [6.45, 7) is 8.05. The van der Waals surface area contributed by atoms with Crippen molar-refractivity contribution < 1.29 is 9.53 Å². The van der Waals surface area contributed by atoms with Gasteiger partial charge in [0.1, 0.15) is 0 Å². The largest absolute Gasteiger partial charge is 0.379 e. The van der Waals surface area contributed by atoms with Gasteiger partial charge in [-0.2, -0.15) is 0 Å². The summed E-state index contributed by atoms with van der Waals surface area (Å²) in [5, 5.41) is 0.770. The second-order valence-electron chi connectivity index (χ2n) is 5.51. The van der Waals surface area contributed by atoms with Crippen LogP contribution in [0.15, 0.2) is 24.3 Å². The van der Waals surface area contributed by atoms with Crippen molar-refractivity contribution in [3.8, 4) is 0 Å². The first-order chi connectivity index (χ1) is 11.2. The number of carbonyl (C=O) groups is 1. The molecule has 0 saturated carbocycles. The summed E-state index contributed by atoms with van der Waals surface area (Å²) in [5.41, 5.74) is 1.09. The number of ether oxygens (including phenoxy) is 1. The zero-order valence-corrected chi connectivity index (χ0v) is 15.2. The molecule has 0 unspecified atom stereocenters. The summed E-state index contributed by atoms with van der Waals surface area (Å²) in [6.07, 6.45) is 0. The fraction of sp³-hybridized carbons (Fsp3) is 0.588. The number of benzene rings is 1. The minimum Gasteiger partial charge on any atom is -0.379 e. The molecule has 0 N–H and O–H groups in total. The lowest BCUT2D eigenvalue weighted by atomic mass is 10.2. The number of likely N-dealkylation sites (N-methyl/N-ethyl adjacent to an activating group) is 1. The van der Waals surface area contributed by atoms with E-state index >= 15 is 0 Å². The Morgan fingerprint density at radius 3 is 2.78 bits per heavy atom. The molecule has 1 aliphatic heterocycles. The van der Waals surface area contributed by atoms with Gasteiger partial charge in [-0.15, -0.1) is 11.8 Å². The van der Waals surface area contributed by atoms with Crippen molar-refractivity contribution in [1.82, 2.24) is 9.80 Å². The van der Waals surface area contributed by atoms with Crippen LogP contribution in [-0.4, -0.2) is 67.4 Å². The third-order valence-corrected chi connectivity index (χ3v) is 5.30. The first-order valence-electron chi connectivity index (χ1n) is 8.09. The minimum atomic E-state index is 0.206. The SMILES string of the molecule is CCN(CCN1CCOCC1)C(=O)CSCc1ccccc1Cl. The molecule has 1 fully saturated rings. The average Bonchev–Trinajstić information content (AvgIpc) is 2.58. The van der Waals surface area contributed by atoms with Gasteiger partial charge in [-0.3, -0.25) is 9.69 Å². The Bertz CT molecular complexity index is 495. The second-order valence-corrected chi connectivity index (χ2v) is 6.90. The normalized spacial score (nSPS) is 15.6. The molecule has 0 aliphatic carbocycles. The molecule has 6 heteroatoms. The smallest absolute Gasteiger partial charge is 0.232 e. The number of morpholine rings is 1. The third-order valence-electron chi connectivity index (χ3n) is 3.97. The van der Waals surface area contributed by atoms with Crippen LogP contribution in [0.1, 0.15) is 12.5 Å². The summed E-state index contributed by atoms with van der Waals surface area (Å²) in [5.74, 6) is 1.48. The molecule has 23 heavy (non-hydrogen) atoms. The number of carbonyl (C=O) groups excluding carboxylic acids is 1. The maximum atomic E-state index is 12.4. The predicted octanol–water partition coefficient (Wildman–Crippen LogP) is 2.75. The van der Waals surface area contributed by atoms with E-state index in [1.165, 1.54) is 0 Å². The molecule has 1 saturated heterocycles. The minimum absolute atomic E-state index is 0.206. The monoisotopic (exact) mass is 356 g/mol. The molecule has 0 aromatic heterocycles. The van der Waals surface area contributed by atoms with Gasteiger partial charge in [-0.05, 0) is 18.6 Å². The van der Waals surface area contributed by atoms with Crippen molar-refractivity contribution in [3.05, 3.63) is 34.9 Å². The van der Waals surface area contributed by atoms with Crippen LogP contribution in [0.5, 0.6) is 0 Å². The van der Waals surface area contributed by atoms with E-state index in [4.69, 9.17) is 16.3 Å². The van der Waals surface area contributed by atoms with Crippen molar-refractivity contribution in [3.63, 3.8) is 0 Å². The van der Waals surface area contributed by atoms with E-state index in [-0.39, 0.29) is 5.91 Å². The zero-order valence-electron chi connectivity index (χ0n) is 13.7. The van der Waals surface area contributed by atoms with Gasteiger partial charge in [0.25, 0.3) is 0 Å². The van der Waals surface area contributed by atoms with Crippen LogP contribution in [0.4, 0.5) is 0 Å². The Hall–Kier alpha value is -0.750. The fourth-order valence-electron chi connectivity index (χ4n) is 2.50. The van der Waals surface area contributed by atoms with Gasteiger partial charge in [-0.1, -0.05) is 29.8 Å². The maximum absolute atomic E-state index is 12.4. The Morgan fingerprint density at radius 1 is 1.35 bits per heavy atom. The van der Waals surface area contributed by atoms with Crippen LogP contribution in [0.2, 0.25) is 5.02 Å². The Kier molecular flexibility index (Phi) is 8.23. The number of nitrogens with zero attached hydrogens (tertiary/aromatic N) is 2. The van der Waals surface area contributed by atoms with Crippen LogP contribution >= 0.6 is 23.4 Å². The number of hydrogen-bond donors (Lipinski definition) is 0. The molecular formula is C17H25ClN2O2S. The van der Waals surface area contributed by atoms with Crippen LogP contribution < -0.4 is 0 Å². The van der Waals surface area contributed by atoms with E-state index in [2.05, 4.69) is 4.90 Å². The third kappa shape index (κ3) is 6.34. The quantitative estimate of drug-likeness (QED) is 0.717. The predicted molar refractivity (Wildman–Crippen MR) is 97.1 cm³/mol. The molecule has 1 amide bonds. The van der Waals surface area contributed by atoms with E-state index in [1.54, 1.807) is 11.8 Å². The average molecular weight is 357 g/mol. The molecule has 1 aromatic rings. The van der Waals surface area contributed by atoms with Gasteiger partial charge in [-0.25, -0.2) is 0 Å². The van der Waals surface area contributed by atoms with Gasteiger partial charge < -0.3 is 9.64 Å². The van der Waals surface area contributed by atoms with Crippen LogP contribution in [-0.2, 0) is 15.3 Å². The van der Waals surface area contributed by atoms with Crippen LogP contribution in [0.3, 0.4) is 0 Å². The molecular weight excluding hydrogens is 332 g/mol. The van der Waals surface area contributed by atoms with Crippen molar-refractivity contribution in [2.24, 2.45) is 0 Å². The Balaban J connectivity index is 1.70. The summed E-state index contributed by atoms with van der Waals surface area (Å²) < 4.78 is 5.35.